The number of nitrogens with one attached hydrogen (secondary N) is 1. The molecule has 1 aliphatic heterocycles. The highest BCUT2D eigenvalue weighted by Gasteiger charge is 2.47. The molecule has 0 spiro atoms. The number of rotatable bonds is 4. The van der Waals surface area contributed by atoms with Crippen LogP contribution in [0.5, 0.6) is 0 Å². The number of aryl methyl sites for hydroxylation is 1. The first-order valence-electron chi connectivity index (χ1n) is 10.1. The van der Waals surface area contributed by atoms with Crippen molar-refractivity contribution in [1.82, 2.24) is 4.98 Å². The fourth-order valence-corrected chi connectivity index (χ4v) is 3.84. The van der Waals surface area contributed by atoms with Gasteiger partial charge in [0, 0.05) is 36.3 Å². The Morgan fingerprint density at radius 3 is 2.58 bits per heavy atom. The minimum absolute atomic E-state index is 0.135. The summed E-state index contributed by atoms with van der Waals surface area (Å²) in [6.45, 7) is 2.90. The molecule has 0 bridgehead atoms. The van der Waals surface area contributed by atoms with Crippen LogP contribution in [-0.4, -0.2) is 27.7 Å². The van der Waals surface area contributed by atoms with Gasteiger partial charge in [-0.15, -0.1) is 0 Å². The van der Waals surface area contributed by atoms with Crippen molar-refractivity contribution >= 4 is 34.7 Å². The number of aliphatic hydroxyl groups excluding tert-OH is 1. The molecule has 7 nitrogen and oxygen atoms in total. The van der Waals surface area contributed by atoms with Gasteiger partial charge in [-0.3, -0.25) is 24.3 Å². The van der Waals surface area contributed by atoms with Crippen LogP contribution in [0.25, 0.3) is 5.76 Å². The zero-order chi connectivity index (χ0) is 23.7. The number of halogens is 1. The molecule has 1 atom stereocenters. The third-order valence-corrected chi connectivity index (χ3v) is 5.32. The number of nitrogens with zero attached hydrogens (tertiary/aromatic N) is 2. The summed E-state index contributed by atoms with van der Waals surface area (Å²) in [4.78, 5) is 43.1. The standard InChI is InChI=1S/C25H20FN3O4/c1-14-11-16(8-9-20(14)26)23(31)21-22(17-5-4-10-27-13-17)29(25(33)24(21)32)19-7-3-6-18(12-19)28-15(2)30/h3-13,22,31H,1-2H3,(H,28,30)/b23-21+. The lowest BCUT2D eigenvalue weighted by atomic mass is 9.95. The first kappa shape index (κ1) is 21.9. The summed E-state index contributed by atoms with van der Waals surface area (Å²) in [7, 11) is 0. The summed E-state index contributed by atoms with van der Waals surface area (Å²) < 4.78 is 13.8. The Bertz CT molecular complexity index is 1300. The van der Waals surface area contributed by atoms with Crippen LogP contribution in [0, 0.1) is 12.7 Å². The fraction of sp³-hybridized carbons (Fsp3) is 0.120. The second-order valence-corrected chi connectivity index (χ2v) is 7.65. The highest BCUT2D eigenvalue weighted by atomic mass is 19.1. The van der Waals surface area contributed by atoms with Gasteiger partial charge in [-0.1, -0.05) is 12.1 Å². The third-order valence-electron chi connectivity index (χ3n) is 5.32. The van der Waals surface area contributed by atoms with Crippen LogP contribution in [-0.2, 0) is 14.4 Å². The molecular formula is C25H20FN3O4. The topological polar surface area (TPSA) is 99.6 Å². The van der Waals surface area contributed by atoms with Gasteiger partial charge in [0.1, 0.15) is 11.6 Å². The van der Waals surface area contributed by atoms with E-state index in [0.29, 0.717) is 16.9 Å². The molecule has 2 amide bonds. The number of benzene rings is 2. The van der Waals surface area contributed by atoms with E-state index in [-0.39, 0.29) is 22.6 Å². The van der Waals surface area contributed by atoms with E-state index < -0.39 is 29.3 Å². The quantitative estimate of drug-likeness (QED) is 0.358. The van der Waals surface area contributed by atoms with E-state index in [9.17, 15) is 23.9 Å². The minimum Gasteiger partial charge on any atom is -0.507 e. The van der Waals surface area contributed by atoms with Crippen molar-refractivity contribution in [3.8, 4) is 0 Å². The zero-order valence-corrected chi connectivity index (χ0v) is 17.9. The van der Waals surface area contributed by atoms with Crippen molar-refractivity contribution in [3.05, 3.63) is 95.1 Å². The monoisotopic (exact) mass is 445 g/mol. The van der Waals surface area contributed by atoms with E-state index in [1.807, 2.05) is 0 Å². The van der Waals surface area contributed by atoms with Crippen molar-refractivity contribution in [3.63, 3.8) is 0 Å². The van der Waals surface area contributed by atoms with Gasteiger partial charge in [0.05, 0.1) is 11.6 Å². The first-order valence-corrected chi connectivity index (χ1v) is 10.1. The Labute approximate surface area is 189 Å². The Hall–Kier alpha value is -4.33. The van der Waals surface area contributed by atoms with Crippen molar-refractivity contribution in [2.75, 3.05) is 10.2 Å². The molecule has 1 unspecified atom stereocenters. The molecule has 0 aliphatic carbocycles. The summed E-state index contributed by atoms with van der Waals surface area (Å²) in [6, 6.07) is 12.8. The van der Waals surface area contributed by atoms with Gasteiger partial charge in [-0.25, -0.2) is 4.39 Å². The molecule has 0 radical (unpaired) electrons. The average molecular weight is 445 g/mol. The van der Waals surface area contributed by atoms with Crippen LogP contribution < -0.4 is 10.2 Å². The molecule has 1 fully saturated rings. The van der Waals surface area contributed by atoms with E-state index in [0.717, 1.165) is 0 Å². The number of Topliss-reactive ketones (excluding diaryl/α,β-unsaturated/α-hetero) is 1. The summed E-state index contributed by atoms with van der Waals surface area (Å²) in [5.74, 6) is -2.88. The SMILES string of the molecule is CC(=O)Nc1cccc(N2C(=O)C(=O)/C(=C(/O)c3ccc(F)c(C)c3)C2c2cccnc2)c1. The second-order valence-electron chi connectivity index (χ2n) is 7.65. The third kappa shape index (κ3) is 4.10. The Morgan fingerprint density at radius 1 is 1.12 bits per heavy atom. The van der Waals surface area contributed by atoms with Gasteiger partial charge in [-0.2, -0.15) is 0 Å². The number of carbonyl (C=O) groups excluding carboxylic acids is 3. The van der Waals surface area contributed by atoms with E-state index in [2.05, 4.69) is 10.3 Å². The molecule has 33 heavy (non-hydrogen) atoms. The van der Waals surface area contributed by atoms with Crippen molar-refractivity contribution < 1.29 is 23.9 Å². The maximum atomic E-state index is 13.8. The van der Waals surface area contributed by atoms with Crippen molar-refractivity contribution in [2.24, 2.45) is 0 Å². The number of carbonyl (C=O) groups is 3. The first-order chi connectivity index (χ1) is 15.8. The lowest BCUT2D eigenvalue weighted by Gasteiger charge is -2.25. The Morgan fingerprint density at radius 2 is 1.91 bits per heavy atom. The molecule has 8 heteroatoms. The van der Waals surface area contributed by atoms with Gasteiger partial charge in [0.15, 0.2) is 0 Å². The van der Waals surface area contributed by atoms with E-state index in [4.69, 9.17) is 0 Å². The molecule has 2 N–H and O–H groups in total. The normalized spacial score (nSPS) is 17.3. The molecule has 2 aromatic carbocycles. The van der Waals surface area contributed by atoms with E-state index in [1.54, 1.807) is 42.6 Å². The van der Waals surface area contributed by atoms with Gasteiger partial charge >= 0.3 is 0 Å². The number of aromatic nitrogens is 1. The molecule has 4 rings (SSSR count). The van der Waals surface area contributed by atoms with Gasteiger partial charge in [-0.05, 0) is 60.5 Å². The Balaban J connectivity index is 1.91. The predicted octanol–water partition coefficient (Wildman–Crippen LogP) is 4.11. The maximum Gasteiger partial charge on any atom is 0.300 e. The molecule has 2 heterocycles. The smallest absolute Gasteiger partial charge is 0.300 e. The molecule has 166 valence electrons. The van der Waals surface area contributed by atoms with Crippen LogP contribution in [0.15, 0.2) is 72.6 Å². The molecule has 0 saturated carbocycles. The number of hydrogen-bond donors (Lipinski definition) is 2. The molecule has 1 aliphatic rings. The van der Waals surface area contributed by atoms with Crippen LogP contribution in [0.2, 0.25) is 0 Å². The lowest BCUT2D eigenvalue weighted by Crippen LogP contribution is -2.29. The summed E-state index contributed by atoms with van der Waals surface area (Å²) in [6.07, 6.45) is 3.06. The predicted molar refractivity (Wildman–Crippen MR) is 121 cm³/mol. The highest BCUT2D eigenvalue weighted by Crippen LogP contribution is 2.42. The van der Waals surface area contributed by atoms with Gasteiger partial charge in [0.2, 0.25) is 5.91 Å². The van der Waals surface area contributed by atoms with Crippen molar-refractivity contribution in [1.29, 1.82) is 0 Å². The summed E-state index contributed by atoms with van der Waals surface area (Å²) in [5, 5.41) is 13.7. The lowest BCUT2D eigenvalue weighted by molar-refractivity contribution is -0.132. The fourth-order valence-electron chi connectivity index (χ4n) is 3.84. The zero-order valence-electron chi connectivity index (χ0n) is 17.9. The summed E-state index contributed by atoms with van der Waals surface area (Å²) in [5.41, 5.74) is 1.67. The minimum atomic E-state index is -0.975. The van der Waals surface area contributed by atoms with Gasteiger partial charge in [0.25, 0.3) is 11.7 Å². The van der Waals surface area contributed by atoms with Gasteiger partial charge < -0.3 is 10.4 Å². The second kappa shape index (κ2) is 8.66. The average Bonchev–Trinajstić information content (AvgIpc) is 3.06. The van der Waals surface area contributed by atoms with Crippen LogP contribution >= 0.6 is 0 Å². The number of anilines is 2. The summed E-state index contributed by atoms with van der Waals surface area (Å²) >= 11 is 0. The van der Waals surface area contributed by atoms with E-state index in [1.165, 1.54) is 43.1 Å². The maximum absolute atomic E-state index is 13.8. The van der Waals surface area contributed by atoms with Crippen LogP contribution in [0.3, 0.4) is 0 Å². The Kier molecular flexibility index (Phi) is 5.74. The number of amides is 2. The molecule has 3 aromatic rings. The number of hydrogen-bond acceptors (Lipinski definition) is 5. The number of aliphatic hydroxyl groups is 1. The number of ketones is 1. The largest absolute Gasteiger partial charge is 0.507 e. The van der Waals surface area contributed by atoms with Crippen LogP contribution in [0.1, 0.15) is 29.7 Å². The van der Waals surface area contributed by atoms with E-state index >= 15 is 0 Å². The number of pyridine rings is 1. The molecule has 1 saturated heterocycles. The van der Waals surface area contributed by atoms with Crippen molar-refractivity contribution in [2.45, 2.75) is 19.9 Å². The molecular weight excluding hydrogens is 425 g/mol. The van der Waals surface area contributed by atoms with Crippen LogP contribution in [0.4, 0.5) is 15.8 Å². The molecule has 1 aromatic heterocycles. The highest BCUT2D eigenvalue weighted by molar-refractivity contribution is 6.51.